The van der Waals surface area contributed by atoms with Crippen LogP contribution < -0.4 is 25.0 Å². The highest BCUT2D eigenvalue weighted by atomic mass is 127. The molecule has 4 saturated heterocycles. The first-order valence-corrected chi connectivity index (χ1v) is 34.5. The summed E-state index contributed by atoms with van der Waals surface area (Å²) in [6.45, 7) is 14.8. The Morgan fingerprint density at radius 3 is 2.27 bits per heavy atom. The van der Waals surface area contributed by atoms with Crippen molar-refractivity contribution < 1.29 is 111 Å². The summed E-state index contributed by atoms with van der Waals surface area (Å²) in [5.41, 5.74) is 0.867. The fourth-order valence-corrected chi connectivity index (χ4v) is 16.7. The largest absolute Gasteiger partial charge is 0.492 e. The lowest BCUT2D eigenvalue weighted by atomic mass is 9.44. The van der Waals surface area contributed by atoms with E-state index in [1.54, 1.807) is 67.7 Å². The molecule has 7 N–H and O–H groups in total. The van der Waals surface area contributed by atoms with E-state index in [1.807, 2.05) is 29.5 Å². The second-order valence-corrected chi connectivity index (χ2v) is 28.2. The third kappa shape index (κ3) is 15.3. The molecule has 2 saturated carbocycles. The maximum Gasteiger partial charge on any atom is 0.319 e. The van der Waals surface area contributed by atoms with E-state index in [0.29, 0.717) is 26.8 Å². The van der Waals surface area contributed by atoms with E-state index >= 15 is 0 Å². The third-order valence-electron chi connectivity index (χ3n) is 17.6. The van der Waals surface area contributed by atoms with E-state index in [4.69, 9.17) is 66.4 Å². The van der Waals surface area contributed by atoms with Crippen LogP contribution in [0.4, 0.5) is 0 Å². The topological polar surface area (TPSA) is 323 Å². The van der Waals surface area contributed by atoms with Crippen LogP contribution >= 0.6 is 55.9 Å². The number of Topliss-reactive ketones (excluding diaryl/α,β-unsaturated/α-hetero) is 1. The lowest BCUT2D eigenvalue weighted by Gasteiger charge is -2.60. The van der Waals surface area contributed by atoms with Crippen molar-refractivity contribution in [1.82, 2.24) is 10.8 Å². The number of aliphatic hydroxyl groups excluding tert-OH is 4. The summed E-state index contributed by atoms with van der Waals surface area (Å²) in [5, 5.41) is 60.6. The molecule has 4 aliphatic heterocycles. The van der Waals surface area contributed by atoms with Crippen LogP contribution in [0.15, 0.2) is 23.3 Å². The molecule has 0 amide bonds. The molecular weight excluding hydrogens is 1360 g/mol. The highest BCUT2D eigenvalue weighted by molar-refractivity contribution is 14.1. The Kier molecular flexibility index (Phi) is 25.9. The summed E-state index contributed by atoms with van der Waals surface area (Å²) in [5.74, 6) is 9.44. The predicted octanol–water partition coefficient (Wildman–Crippen LogP) is 3.45. The Morgan fingerprint density at radius 1 is 0.890 bits per heavy atom. The van der Waals surface area contributed by atoms with E-state index < -0.39 is 149 Å². The standard InChI is InChI=1S/C62H85IN2O23S3/c1-14-64-36-27-81-42(25-40(36)75-9)86-54-49(70)47(65-88-43-24-37(66)56(32(7)82-43)90-58(73)44-29(4)46(63)52(55(79-13)51(44)77-11)87-59-50(71)53(78-12)48(69)31(6)84-59)30(5)83-60(54)85-39-18-16-17-28(3)19-21-61-35(23-41(68)76-10)38(67)26-62(61,74)34(45(39)61)20-22-89-91-33(8)57(72)80-15-2/h17,20,30-33,35-37,39-40,42-43,45,47-50,53-54,56,59-60,64-66,69-71,74H,14-15,22-27H2,1-13H3/b28-17-,34-20+/t30-,31+,32-,33?,35?,36+,37+,39+,40+,42+,43+,45?,47-,48+,49+,50-,53-,54-,56-,59+,60+,61?,62+/m1/s1. The molecule has 4 heterocycles. The van der Waals surface area contributed by atoms with Gasteiger partial charge in [-0.3, -0.25) is 24.0 Å². The first kappa shape index (κ1) is 73.4. The van der Waals surface area contributed by atoms with E-state index in [0.717, 1.165) is 11.8 Å². The van der Waals surface area contributed by atoms with Gasteiger partial charge in [0.05, 0.1) is 103 Å². The van der Waals surface area contributed by atoms with E-state index in [2.05, 4.69) is 34.5 Å². The van der Waals surface area contributed by atoms with Crippen molar-refractivity contribution >= 4 is 78.8 Å². The van der Waals surface area contributed by atoms with E-state index in [9.17, 15) is 44.7 Å². The SMILES string of the molecule is CCN[C@H]1CO[C@@H](O[C@H]2[C@H](O[C@H]3C#C/C=C(/C)C#CC45C(CC(=O)OC)C(=O)C[C@]4(O)/C(=C/CSSC(C)C(=O)OCC)C35)O[C@H](C)[C@@H](NO[C@H]3C[C@H](O)[C@H](SC(=O)c4c(C)c(I)c(O[C@@H]5O[C@@H](C)[C@H](O)[C@@H](OC)[C@H]5O)c(OC)c4OC)[C@@H](C)O3)[C@@H]2O)C[C@@H]1OC. The van der Waals surface area contributed by atoms with Crippen molar-refractivity contribution in [2.75, 3.05) is 61.1 Å². The number of esters is 2. The van der Waals surface area contributed by atoms with Gasteiger partial charge >= 0.3 is 11.9 Å². The molecule has 506 valence electrons. The Bertz CT molecular complexity index is 2960. The molecule has 1 aromatic carbocycles. The average molecular weight is 1450 g/mol. The van der Waals surface area contributed by atoms with Crippen LogP contribution in [0, 0.1) is 51.4 Å². The average Bonchev–Trinajstić information content (AvgIpc) is 1.55. The van der Waals surface area contributed by atoms with Crippen molar-refractivity contribution in [3.63, 3.8) is 0 Å². The normalized spacial score (nSPS) is 38.3. The number of hydroxylamine groups is 1. The summed E-state index contributed by atoms with van der Waals surface area (Å²) < 4.78 is 78.6. The van der Waals surface area contributed by atoms with Gasteiger partial charge in [-0.2, -0.15) is 5.48 Å². The van der Waals surface area contributed by atoms with Crippen molar-refractivity contribution in [2.45, 2.75) is 202 Å². The third-order valence-corrected chi connectivity index (χ3v) is 22.9. The zero-order valence-corrected chi connectivity index (χ0v) is 57.7. The summed E-state index contributed by atoms with van der Waals surface area (Å²) >= 11 is 2.83. The minimum atomic E-state index is -1.88. The molecule has 0 bridgehead atoms. The Balaban J connectivity index is 1.03. The van der Waals surface area contributed by atoms with Gasteiger partial charge in [-0.15, -0.1) is 0 Å². The number of aliphatic hydroxyl groups is 5. The number of hydrogen-bond acceptors (Lipinski definition) is 28. The number of benzene rings is 1. The number of rotatable bonds is 25. The maximum atomic E-state index is 14.5. The van der Waals surface area contributed by atoms with Crippen LogP contribution in [0.2, 0.25) is 0 Å². The zero-order chi connectivity index (χ0) is 66.4. The number of nitrogens with one attached hydrogen (secondary N) is 2. The second kappa shape index (κ2) is 32.1. The first-order chi connectivity index (χ1) is 43.4. The summed E-state index contributed by atoms with van der Waals surface area (Å²) in [7, 11) is 9.49. The van der Waals surface area contributed by atoms with Crippen molar-refractivity contribution in [1.29, 1.82) is 0 Å². The first-order valence-electron chi connectivity index (χ1n) is 30.2. The van der Waals surface area contributed by atoms with Crippen LogP contribution in [0.5, 0.6) is 17.2 Å². The molecule has 4 unspecified atom stereocenters. The number of hydrogen-bond donors (Lipinski definition) is 7. The van der Waals surface area contributed by atoms with Crippen LogP contribution in [0.1, 0.15) is 90.1 Å². The van der Waals surface area contributed by atoms with Crippen LogP contribution in [0.3, 0.4) is 0 Å². The fourth-order valence-electron chi connectivity index (χ4n) is 12.9. The molecule has 6 fully saturated rings. The zero-order valence-electron chi connectivity index (χ0n) is 53.1. The number of carbonyl (C=O) groups excluding carboxylic acids is 4. The van der Waals surface area contributed by atoms with Gasteiger partial charge in [0.15, 0.2) is 30.4 Å². The van der Waals surface area contributed by atoms with Gasteiger partial charge in [0.2, 0.25) is 17.2 Å². The number of thioether (sulfide) groups is 1. The highest BCUT2D eigenvalue weighted by Gasteiger charge is 2.78. The molecular formula is C62H85IN2O23S3. The van der Waals surface area contributed by atoms with Gasteiger partial charge in [-0.25, -0.2) is 0 Å². The number of likely N-dealkylation sites (N-methyl/N-ethyl adjacent to an activating group) is 1. The van der Waals surface area contributed by atoms with Gasteiger partial charge in [-0.05, 0) is 94.8 Å². The van der Waals surface area contributed by atoms with Crippen molar-refractivity contribution in [3.8, 4) is 40.9 Å². The van der Waals surface area contributed by atoms with Gasteiger partial charge in [0.1, 0.15) is 53.3 Å². The molecule has 0 aromatic heterocycles. The number of ether oxygens (including phenoxy) is 13. The minimum absolute atomic E-state index is 0.0244. The van der Waals surface area contributed by atoms with Crippen LogP contribution in [-0.2, 0) is 66.6 Å². The van der Waals surface area contributed by atoms with Gasteiger partial charge in [-0.1, -0.05) is 70.0 Å². The number of allylic oxidation sites excluding steroid dienone is 2. The predicted molar refractivity (Wildman–Crippen MR) is 340 cm³/mol. The van der Waals surface area contributed by atoms with Crippen molar-refractivity contribution in [2.24, 2.45) is 17.3 Å². The maximum absolute atomic E-state index is 14.5. The molecule has 7 aliphatic rings. The number of methoxy groups -OCH3 is 5. The quantitative estimate of drug-likeness (QED) is 0.0140. The molecule has 1 aromatic rings. The number of ketones is 1. The van der Waals surface area contributed by atoms with Crippen molar-refractivity contribution in [3.05, 3.63) is 38.0 Å². The molecule has 8 rings (SSSR count). The van der Waals surface area contributed by atoms with E-state index in [1.165, 1.54) is 50.0 Å². The lowest BCUT2D eigenvalue weighted by molar-refractivity contribution is -0.342. The molecule has 25 nitrogen and oxygen atoms in total. The van der Waals surface area contributed by atoms with Gasteiger partial charge < -0.3 is 92.4 Å². The molecule has 3 aliphatic carbocycles. The number of halogens is 1. The fraction of sp³-hybridized carbons (Fsp3) is 0.710. The van der Waals surface area contributed by atoms with Crippen LogP contribution in [0.25, 0.3) is 0 Å². The Labute approximate surface area is 556 Å². The monoisotopic (exact) mass is 1450 g/mol. The Hall–Kier alpha value is -3.36. The minimum Gasteiger partial charge on any atom is -0.492 e. The number of carbonyl (C=O) groups is 4. The van der Waals surface area contributed by atoms with Gasteiger partial charge in [0, 0.05) is 56.6 Å². The Morgan fingerprint density at radius 2 is 1.62 bits per heavy atom. The smallest absolute Gasteiger partial charge is 0.319 e. The molecule has 29 heteroatoms. The molecule has 1 spiro atoms. The van der Waals surface area contributed by atoms with E-state index in [-0.39, 0.29) is 79.2 Å². The lowest BCUT2D eigenvalue weighted by Crippen LogP contribution is -2.69. The summed E-state index contributed by atoms with van der Waals surface area (Å²) in [4.78, 5) is 60.7. The molecule has 23 atom stereocenters. The summed E-state index contributed by atoms with van der Waals surface area (Å²) in [6.07, 6.45) is -14.0. The molecule has 0 radical (unpaired) electrons. The second-order valence-electron chi connectivity index (χ2n) is 23.2. The van der Waals surface area contributed by atoms with Crippen LogP contribution in [-0.4, -0.2) is 230 Å². The molecule has 91 heavy (non-hydrogen) atoms. The highest BCUT2D eigenvalue weighted by Crippen LogP contribution is 2.70. The van der Waals surface area contributed by atoms with Gasteiger partial charge in [0.25, 0.3) is 0 Å². The summed E-state index contributed by atoms with van der Waals surface area (Å²) in [6, 6.07) is -1.27.